The number of nitrogens with zero attached hydrogens (tertiary/aromatic N) is 2. The number of aromatic amines is 1. The van der Waals surface area contributed by atoms with Crippen LogP contribution in [0.3, 0.4) is 0 Å². The number of H-pyrrole nitrogens is 1. The van der Waals surface area contributed by atoms with E-state index in [1.807, 2.05) is 48.7 Å². The molecule has 3 aromatic heterocycles. The van der Waals surface area contributed by atoms with Crippen molar-refractivity contribution in [2.24, 2.45) is 0 Å². The number of rotatable bonds is 14. The summed E-state index contributed by atoms with van der Waals surface area (Å²) < 4.78 is 0. The lowest BCUT2D eigenvalue weighted by molar-refractivity contribution is -0.123. The molecule has 3 heterocycles. The van der Waals surface area contributed by atoms with Gasteiger partial charge in [-0.2, -0.15) is 0 Å². The number of carbonyl (C=O) groups excluding carboxylic acids is 2. The van der Waals surface area contributed by atoms with E-state index in [1.165, 1.54) is 16.9 Å². The summed E-state index contributed by atoms with van der Waals surface area (Å²) in [6.07, 6.45) is 9.87. The fourth-order valence-corrected chi connectivity index (χ4v) is 6.82. The van der Waals surface area contributed by atoms with Gasteiger partial charge in [0.05, 0.1) is 17.1 Å². The third-order valence-corrected chi connectivity index (χ3v) is 9.33. The van der Waals surface area contributed by atoms with Gasteiger partial charge in [0, 0.05) is 42.6 Å². The lowest BCUT2D eigenvalue weighted by Gasteiger charge is -2.25. The summed E-state index contributed by atoms with van der Waals surface area (Å²) in [6, 6.07) is 21.7. The normalized spacial score (nSPS) is 15.0. The molecule has 0 fully saturated rings. The number of amides is 2. The highest BCUT2D eigenvalue weighted by atomic mass is 32.1. The van der Waals surface area contributed by atoms with Crippen LogP contribution in [0, 0.1) is 0 Å². The summed E-state index contributed by atoms with van der Waals surface area (Å²) in [5, 5.41) is 15.4. The minimum atomic E-state index is -0.659. The van der Waals surface area contributed by atoms with E-state index < -0.39 is 6.04 Å². The predicted molar refractivity (Wildman–Crippen MR) is 178 cm³/mol. The number of thiophene rings is 1. The summed E-state index contributed by atoms with van der Waals surface area (Å²) in [5.74, 6) is 0.444. The molecule has 0 bridgehead atoms. The second-order valence-corrected chi connectivity index (χ2v) is 12.5. The number of carbonyl (C=O) groups is 2. The first-order chi connectivity index (χ1) is 22.1. The highest BCUT2D eigenvalue weighted by molar-refractivity contribution is 7.14. The molecule has 10 heteroatoms. The summed E-state index contributed by atoms with van der Waals surface area (Å²) in [7, 11) is 0. The maximum atomic E-state index is 13.6. The molecule has 0 aliphatic heterocycles. The average Bonchev–Trinajstić information content (AvgIpc) is 3.78. The maximum absolute atomic E-state index is 13.6. The quantitative estimate of drug-likeness (QED) is 0.109. The minimum absolute atomic E-state index is 0.183. The zero-order chi connectivity index (χ0) is 30.8. The Labute approximate surface area is 267 Å². The van der Waals surface area contributed by atoms with Crippen LogP contribution in [0.4, 0.5) is 0 Å². The number of fused-ring (bicyclic) bond motifs is 2. The zero-order valence-electron chi connectivity index (χ0n) is 25.2. The Kier molecular flexibility index (Phi) is 10.3. The molecule has 2 atom stereocenters. The second-order valence-electron chi connectivity index (χ2n) is 11.4. The van der Waals surface area contributed by atoms with Crippen molar-refractivity contribution in [2.75, 3.05) is 6.54 Å². The molecule has 1 unspecified atom stereocenters. The first kappa shape index (κ1) is 30.6. The average molecular weight is 622 g/mol. The first-order valence-corrected chi connectivity index (χ1v) is 16.5. The molecular formula is C35H39N7O2S. The minimum Gasteiger partial charge on any atom is -0.350 e. The molecule has 5 N–H and O–H groups in total. The standard InChI is InChI=1S/C35H39N7O2S/c43-34(41-21-26-10-3-8-24-7-1-2-12-28(24)26)30(14-6-17-37-29-13-4-9-25-11-5-18-40-33(25)29)42-35(44)31-16-15-27(45-31)22-36-23-32-38-19-20-39-32/h1-3,5,7-8,10-12,15-16,18-20,29-30,36-37H,4,6,9,13-14,17,21-23H2,(H,38,39)(H,41,43)(H,42,44)/t29?,30-/m0/s1. The number of imidazole rings is 1. The Morgan fingerprint density at radius 1 is 0.956 bits per heavy atom. The molecule has 0 radical (unpaired) electrons. The van der Waals surface area contributed by atoms with Crippen LogP contribution in [0.2, 0.25) is 0 Å². The van der Waals surface area contributed by atoms with Crippen LogP contribution in [-0.2, 0) is 30.8 Å². The first-order valence-electron chi connectivity index (χ1n) is 15.6. The van der Waals surface area contributed by atoms with Gasteiger partial charge < -0.3 is 26.3 Å². The summed E-state index contributed by atoms with van der Waals surface area (Å²) in [6.45, 7) is 2.36. The Balaban J connectivity index is 1.07. The highest BCUT2D eigenvalue weighted by Crippen LogP contribution is 2.27. The zero-order valence-corrected chi connectivity index (χ0v) is 26.0. The smallest absolute Gasteiger partial charge is 0.262 e. The molecule has 0 saturated carbocycles. The molecule has 1 aliphatic rings. The Morgan fingerprint density at radius 2 is 1.87 bits per heavy atom. The van der Waals surface area contributed by atoms with Crippen molar-refractivity contribution in [1.29, 1.82) is 0 Å². The van der Waals surface area contributed by atoms with Gasteiger partial charge in [-0.3, -0.25) is 14.6 Å². The van der Waals surface area contributed by atoms with E-state index in [4.69, 9.17) is 0 Å². The number of benzene rings is 2. The van der Waals surface area contributed by atoms with Gasteiger partial charge in [0.15, 0.2) is 0 Å². The number of hydrogen-bond acceptors (Lipinski definition) is 7. The second kappa shape index (κ2) is 15.1. The van der Waals surface area contributed by atoms with Gasteiger partial charge in [0.2, 0.25) is 5.91 Å². The molecular weight excluding hydrogens is 582 g/mol. The van der Waals surface area contributed by atoms with E-state index in [1.54, 1.807) is 12.4 Å². The van der Waals surface area contributed by atoms with Gasteiger partial charge in [-0.05, 0) is 78.7 Å². The lowest BCUT2D eigenvalue weighted by Crippen LogP contribution is -2.46. The van der Waals surface area contributed by atoms with Crippen molar-refractivity contribution in [2.45, 2.75) is 63.8 Å². The van der Waals surface area contributed by atoms with E-state index in [9.17, 15) is 9.59 Å². The van der Waals surface area contributed by atoms with Crippen molar-refractivity contribution in [3.63, 3.8) is 0 Å². The molecule has 0 spiro atoms. The van der Waals surface area contributed by atoms with Crippen LogP contribution in [0.5, 0.6) is 0 Å². The fourth-order valence-electron chi connectivity index (χ4n) is 5.93. The van der Waals surface area contributed by atoms with Crippen LogP contribution in [0.15, 0.2) is 85.3 Å². The van der Waals surface area contributed by atoms with E-state index in [2.05, 4.69) is 60.5 Å². The Morgan fingerprint density at radius 3 is 2.78 bits per heavy atom. The van der Waals surface area contributed by atoms with Gasteiger partial charge in [0.1, 0.15) is 11.9 Å². The maximum Gasteiger partial charge on any atom is 0.262 e. The molecule has 5 aromatic rings. The highest BCUT2D eigenvalue weighted by Gasteiger charge is 2.24. The number of hydrogen-bond donors (Lipinski definition) is 5. The monoisotopic (exact) mass is 621 g/mol. The van der Waals surface area contributed by atoms with E-state index in [-0.39, 0.29) is 17.9 Å². The molecule has 9 nitrogen and oxygen atoms in total. The van der Waals surface area contributed by atoms with E-state index in [0.717, 1.165) is 65.0 Å². The summed E-state index contributed by atoms with van der Waals surface area (Å²) in [5.41, 5.74) is 3.49. The largest absolute Gasteiger partial charge is 0.350 e. The van der Waals surface area contributed by atoms with Crippen molar-refractivity contribution in [3.8, 4) is 0 Å². The Bertz CT molecular complexity index is 1710. The van der Waals surface area contributed by atoms with E-state index in [0.29, 0.717) is 30.9 Å². The topological polar surface area (TPSA) is 124 Å². The van der Waals surface area contributed by atoms with Crippen LogP contribution in [-0.4, -0.2) is 39.4 Å². The third kappa shape index (κ3) is 8.02. The van der Waals surface area contributed by atoms with Gasteiger partial charge in [-0.1, -0.05) is 48.5 Å². The number of aryl methyl sites for hydroxylation is 1. The van der Waals surface area contributed by atoms with Crippen LogP contribution in [0.1, 0.15) is 68.9 Å². The Hall–Kier alpha value is -4.38. The van der Waals surface area contributed by atoms with Crippen molar-refractivity contribution in [3.05, 3.63) is 118 Å². The van der Waals surface area contributed by atoms with E-state index >= 15 is 0 Å². The van der Waals surface area contributed by atoms with Gasteiger partial charge in [-0.15, -0.1) is 11.3 Å². The third-order valence-electron chi connectivity index (χ3n) is 8.24. The number of aromatic nitrogens is 3. The molecule has 45 heavy (non-hydrogen) atoms. The molecule has 232 valence electrons. The lowest BCUT2D eigenvalue weighted by atomic mass is 9.92. The molecule has 2 amide bonds. The van der Waals surface area contributed by atoms with Gasteiger partial charge >= 0.3 is 0 Å². The summed E-state index contributed by atoms with van der Waals surface area (Å²) >= 11 is 1.43. The number of nitrogens with one attached hydrogen (secondary N) is 5. The molecule has 0 saturated heterocycles. The molecule has 2 aromatic carbocycles. The van der Waals surface area contributed by atoms with Crippen molar-refractivity contribution in [1.82, 2.24) is 36.2 Å². The van der Waals surface area contributed by atoms with Crippen LogP contribution >= 0.6 is 11.3 Å². The summed E-state index contributed by atoms with van der Waals surface area (Å²) in [4.78, 5) is 40.5. The van der Waals surface area contributed by atoms with Crippen molar-refractivity contribution < 1.29 is 9.59 Å². The SMILES string of the molecule is O=C(N[C@@H](CCCNC1CCCc2cccnc21)C(=O)NCc1cccc2ccccc12)c1ccc(CNCc2ncc[nH]2)s1. The van der Waals surface area contributed by atoms with Crippen LogP contribution < -0.4 is 21.3 Å². The van der Waals surface area contributed by atoms with Crippen molar-refractivity contribution >= 4 is 33.9 Å². The van der Waals surface area contributed by atoms with Gasteiger partial charge in [0.25, 0.3) is 5.91 Å². The molecule has 1 aliphatic carbocycles. The molecule has 6 rings (SSSR count). The van der Waals surface area contributed by atoms with Gasteiger partial charge in [-0.25, -0.2) is 4.98 Å². The van der Waals surface area contributed by atoms with Crippen LogP contribution in [0.25, 0.3) is 10.8 Å². The number of pyridine rings is 1. The predicted octanol–water partition coefficient (Wildman–Crippen LogP) is 5.17. The fraction of sp³-hybridized carbons (Fsp3) is 0.314.